The number of allylic oxidation sites excluding steroid dienone is 1. The number of rotatable bonds is 4. The first-order valence-corrected chi connectivity index (χ1v) is 10.0. The summed E-state index contributed by atoms with van der Waals surface area (Å²) in [6.07, 6.45) is 3.17. The SMILES string of the molecule is CC1=C(C)C(O/C=C2\CCC(c3ccccc3)CC2=O)N(c2ccccc2)C1=O. The topological polar surface area (TPSA) is 46.6 Å². The Morgan fingerprint density at radius 1 is 0.966 bits per heavy atom. The van der Waals surface area contributed by atoms with Crippen molar-refractivity contribution in [3.05, 3.63) is 89.2 Å². The zero-order valence-electron chi connectivity index (χ0n) is 16.8. The summed E-state index contributed by atoms with van der Waals surface area (Å²) in [6, 6.07) is 19.7. The van der Waals surface area contributed by atoms with Gasteiger partial charge in [-0.3, -0.25) is 14.5 Å². The standard InChI is InChI=1S/C25H25NO3/c1-17-18(2)25(26(24(17)28)22-11-7-4-8-12-22)29-16-21-14-13-20(15-23(21)27)19-9-5-3-6-10-19/h3-12,16,20,25H,13-15H2,1-2H3/b21-16+. The molecule has 2 aromatic carbocycles. The Bertz CT molecular complexity index is 976. The number of anilines is 1. The monoisotopic (exact) mass is 387 g/mol. The molecule has 4 nitrogen and oxygen atoms in total. The van der Waals surface area contributed by atoms with Crippen LogP contribution in [0.1, 0.15) is 44.6 Å². The van der Waals surface area contributed by atoms with E-state index < -0.39 is 6.23 Å². The van der Waals surface area contributed by atoms with Gasteiger partial charge in [-0.05, 0) is 55.9 Å². The lowest BCUT2D eigenvalue weighted by Crippen LogP contribution is -2.36. The number of Topliss-reactive ketones (excluding diaryl/α,β-unsaturated/α-hetero) is 1. The minimum atomic E-state index is -0.517. The lowest BCUT2D eigenvalue weighted by molar-refractivity contribution is -0.117. The van der Waals surface area contributed by atoms with E-state index in [1.807, 2.05) is 62.4 Å². The summed E-state index contributed by atoms with van der Waals surface area (Å²) in [5.41, 5.74) is 4.27. The van der Waals surface area contributed by atoms with E-state index in [1.54, 1.807) is 11.2 Å². The maximum Gasteiger partial charge on any atom is 0.257 e. The zero-order chi connectivity index (χ0) is 20.4. The van der Waals surface area contributed by atoms with Crippen LogP contribution in [-0.2, 0) is 14.3 Å². The third-order valence-electron chi connectivity index (χ3n) is 5.93. The molecular formula is C25H25NO3. The van der Waals surface area contributed by atoms with Crippen molar-refractivity contribution in [2.45, 2.75) is 45.3 Å². The van der Waals surface area contributed by atoms with Crippen LogP contribution >= 0.6 is 0 Å². The number of benzene rings is 2. The molecule has 4 heteroatoms. The van der Waals surface area contributed by atoms with Crippen LogP contribution in [0.3, 0.4) is 0 Å². The number of hydrogen-bond acceptors (Lipinski definition) is 3. The average molecular weight is 387 g/mol. The summed E-state index contributed by atoms with van der Waals surface area (Å²) >= 11 is 0. The minimum Gasteiger partial charge on any atom is -0.473 e. The van der Waals surface area contributed by atoms with Crippen LogP contribution in [-0.4, -0.2) is 17.9 Å². The molecule has 1 heterocycles. The van der Waals surface area contributed by atoms with Gasteiger partial charge in [0.15, 0.2) is 5.78 Å². The molecule has 1 aliphatic heterocycles. The summed E-state index contributed by atoms with van der Waals surface area (Å²) in [4.78, 5) is 27.1. The van der Waals surface area contributed by atoms with Crippen molar-refractivity contribution in [1.29, 1.82) is 0 Å². The molecule has 2 unspecified atom stereocenters. The number of carbonyl (C=O) groups excluding carboxylic acids is 2. The van der Waals surface area contributed by atoms with Gasteiger partial charge in [0, 0.05) is 23.3 Å². The summed E-state index contributed by atoms with van der Waals surface area (Å²) in [7, 11) is 0. The second-order valence-corrected chi connectivity index (χ2v) is 7.72. The molecule has 0 radical (unpaired) electrons. The van der Waals surface area contributed by atoms with Crippen LogP contribution in [0, 0.1) is 0 Å². The highest BCUT2D eigenvalue weighted by atomic mass is 16.5. The Balaban J connectivity index is 1.50. The zero-order valence-corrected chi connectivity index (χ0v) is 16.8. The Morgan fingerprint density at radius 2 is 1.62 bits per heavy atom. The summed E-state index contributed by atoms with van der Waals surface area (Å²) in [5.74, 6) is 0.328. The van der Waals surface area contributed by atoms with E-state index in [2.05, 4.69) is 12.1 Å². The normalized spacial score (nSPS) is 23.8. The maximum absolute atomic E-state index is 12.7. The van der Waals surface area contributed by atoms with Gasteiger partial charge in [0.05, 0.1) is 6.26 Å². The molecule has 0 aromatic heterocycles. The number of hydrogen-bond donors (Lipinski definition) is 0. The minimum absolute atomic E-state index is 0.0591. The van der Waals surface area contributed by atoms with Crippen molar-refractivity contribution in [3.8, 4) is 0 Å². The molecule has 148 valence electrons. The predicted octanol–water partition coefficient (Wildman–Crippen LogP) is 5.13. The number of amides is 1. The fourth-order valence-electron chi connectivity index (χ4n) is 4.05. The van der Waals surface area contributed by atoms with Crippen LogP contribution in [0.15, 0.2) is 83.6 Å². The molecule has 1 fully saturated rings. The molecule has 29 heavy (non-hydrogen) atoms. The molecule has 4 rings (SSSR count). The highest BCUT2D eigenvalue weighted by molar-refractivity contribution is 6.09. The van der Waals surface area contributed by atoms with Crippen molar-refractivity contribution < 1.29 is 14.3 Å². The predicted molar refractivity (Wildman–Crippen MR) is 113 cm³/mol. The second kappa shape index (κ2) is 8.08. The Morgan fingerprint density at radius 3 is 2.28 bits per heavy atom. The molecule has 2 aliphatic rings. The van der Waals surface area contributed by atoms with Crippen molar-refractivity contribution in [3.63, 3.8) is 0 Å². The van der Waals surface area contributed by atoms with E-state index in [1.165, 1.54) is 5.56 Å². The fraction of sp³-hybridized carbons (Fsp3) is 0.280. The third kappa shape index (κ3) is 3.75. The van der Waals surface area contributed by atoms with Crippen molar-refractivity contribution in [1.82, 2.24) is 0 Å². The van der Waals surface area contributed by atoms with E-state index in [4.69, 9.17) is 4.74 Å². The second-order valence-electron chi connectivity index (χ2n) is 7.72. The first-order chi connectivity index (χ1) is 14.1. The fourth-order valence-corrected chi connectivity index (χ4v) is 4.05. The Hall–Kier alpha value is -3.14. The molecule has 0 saturated heterocycles. The molecule has 1 amide bonds. The van der Waals surface area contributed by atoms with Gasteiger partial charge in [0.25, 0.3) is 5.91 Å². The molecule has 1 aliphatic carbocycles. The Labute approximate surface area is 171 Å². The average Bonchev–Trinajstić information content (AvgIpc) is 2.97. The Kier molecular flexibility index (Phi) is 5.34. The van der Waals surface area contributed by atoms with Gasteiger partial charge in [-0.15, -0.1) is 0 Å². The van der Waals surface area contributed by atoms with Gasteiger partial charge in [0.1, 0.15) is 0 Å². The number of nitrogens with zero attached hydrogens (tertiary/aromatic N) is 1. The molecule has 0 bridgehead atoms. The van der Waals surface area contributed by atoms with Gasteiger partial charge in [-0.1, -0.05) is 48.5 Å². The quantitative estimate of drug-likeness (QED) is 0.539. The maximum atomic E-state index is 12.7. The number of ketones is 1. The van der Waals surface area contributed by atoms with Gasteiger partial charge in [0.2, 0.25) is 6.23 Å². The summed E-state index contributed by atoms with van der Waals surface area (Å²) in [6.45, 7) is 3.73. The summed E-state index contributed by atoms with van der Waals surface area (Å²) in [5, 5.41) is 0. The number of carbonyl (C=O) groups is 2. The van der Waals surface area contributed by atoms with Crippen LogP contribution in [0.2, 0.25) is 0 Å². The summed E-state index contributed by atoms with van der Waals surface area (Å²) < 4.78 is 6.04. The smallest absolute Gasteiger partial charge is 0.257 e. The molecule has 0 N–H and O–H groups in total. The lowest BCUT2D eigenvalue weighted by atomic mass is 9.81. The van der Waals surface area contributed by atoms with E-state index in [0.29, 0.717) is 24.0 Å². The van der Waals surface area contributed by atoms with Crippen molar-refractivity contribution >= 4 is 17.4 Å². The largest absolute Gasteiger partial charge is 0.473 e. The lowest BCUT2D eigenvalue weighted by Gasteiger charge is -2.27. The van der Waals surface area contributed by atoms with Gasteiger partial charge in [-0.25, -0.2) is 0 Å². The highest BCUT2D eigenvalue weighted by Crippen LogP contribution is 2.35. The molecule has 2 aromatic rings. The van der Waals surface area contributed by atoms with E-state index in [9.17, 15) is 9.59 Å². The highest BCUT2D eigenvalue weighted by Gasteiger charge is 2.37. The first-order valence-electron chi connectivity index (χ1n) is 10.0. The molecule has 1 saturated carbocycles. The van der Waals surface area contributed by atoms with Crippen LogP contribution in [0.25, 0.3) is 0 Å². The van der Waals surface area contributed by atoms with E-state index >= 15 is 0 Å². The number of para-hydroxylation sites is 1. The third-order valence-corrected chi connectivity index (χ3v) is 5.93. The van der Waals surface area contributed by atoms with Crippen LogP contribution in [0.5, 0.6) is 0 Å². The van der Waals surface area contributed by atoms with Crippen molar-refractivity contribution in [2.24, 2.45) is 0 Å². The van der Waals surface area contributed by atoms with Gasteiger partial charge in [-0.2, -0.15) is 0 Å². The molecular weight excluding hydrogens is 362 g/mol. The van der Waals surface area contributed by atoms with E-state index in [-0.39, 0.29) is 17.6 Å². The van der Waals surface area contributed by atoms with Crippen molar-refractivity contribution in [2.75, 3.05) is 4.90 Å². The van der Waals surface area contributed by atoms with Crippen LogP contribution < -0.4 is 4.90 Å². The molecule has 2 atom stereocenters. The molecule has 0 spiro atoms. The van der Waals surface area contributed by atoms with Gasteiger partial charge < -0.3 is 4.74 Å². The van der Waals surface area contributed by atoms with E-state index in [0.717, 1.165) is 17.7 Å². The van der Waals surface area contributed by atoms with Crippen LogP contribution in [0.4, 0.5) is 5.69 Å². The first kappa shape index (κ1) is 19.2. The van der Waals surface area contributed by atoms with Gasteiger partial charge >= 0.3 is 0 Å². The number of ether oxygens (including phenoxy) is 1.